The third-order valence-corrected chi connectivity index (χ3v) is 3.40. The van der Waals surface area contributed by atoms with Gasteiger partial charge in [0.25, 0.3) is 0 Å². The quantitative estimate of drug-likeness (QED) is 0.734. The zero-order valence-corrected chi connectivity index (χ0v) is 11.6. The Morgan fingerprint density at radius 1 is 1.11 bits per heavy atom. The van der Waals surface area contributed by atoms with Crippen molar-refractivity contribution < 1.29 is 4.42 Å². The molecule has 0 aliphatic rings. The van der Waals surface area contributed by atoms with Crippen molar-refractivity contribution in [2.24, 2.45) is 0 Å². The minimum Gasteiger partial charge on any atom is -0.436 e. The molecule has 0 aliphatic heterocycles. The van der Waals surface area contributed by atoms with Gasteiger partial charge in [0.05, 0.1) is 10.6 Å². The Hall–Kier alpha value is -1.71. The number of oxazole rings is 1. The molecule has 0 bridgehead atoms. The normalized spacial score (nSPS) is 10.9. The monoisotopic (exact) mass is 292 g/mol. The van der Waals surface area contributed by atoms with Crippen LogP contribution in [0, 0.1) is 0 Å². The van der Waals surface area contributed by atoms with Crippen LogP contribution in [0.1, 0.15) is 0 Å². The maximum absolute atomic E-state index is 6.15. The smallest absolute Gasteiger partial charge is 0.228 e. The van der Waals surface area contributed by atoms with Gasteiger partial charge in [0.15, 0.2) is 5.58 Å². The molecule has 0 atom stereocenters. The van der Waals surface area contributed by atoms with Gasteiger partial charge in [-0.1, -0.05) is 23.2 Å². The average Bonchev–Trinajstić information content (AvgIpc) is 2.83. The van der Waals surface area contributed by atoms with Crippen LogP contribution in [0.25, 0.3) is 22.6 Å². The van der Waals surface area contributed by atoms with Crippen LogP contribution in [0.2, 0.25) is 10.0 Å². The molecule has 19 heavy (non-hydrogen) atoms. The SMILES string of the molecule is CNc1ccc2nc(-c3cc(Cl)ccc3Cl)oc2c1. The first-order chi connectivity index (χ1) is 9.17. The number of fused-ring (bicyclic) bond motifs is 1. The first-order valence-electron chi connectivity index (χ1n) is 5.71. The number of benzene rings is 2. The maximum atomic E-state index is 6.15. The van der Waals surface area contributed by atoms with E-state index >= 15 is 0 Å². The molecule has 2 aromatic carbocycles. The number of halogens is 2. The fourth-order valence-electron chi connectivity index (χ4n) is 1.86. The largest absolute Gasteiger partial charge is 0.436 e. The van der Waals surface area contributed by atoms with Crippen molar-refractivity contribution in [3.8, 4) is 11.5 Å². The Morgan fingerprint density at radius 3 is 2.74 bits per heavy atom. The Kier molecular flexibility index (Phi) is 3.09. The second-order valence-electron chi connectivity index (χ2n) is 4.08. The zero-order valence-electron chi connectivity index (χ0n) is 10.1. The Morgan fingerprint density at radius 2 is 1.95 bits per heavy atom. The summed E-state index contributed by atoms with van der Waals surface area (Å²) < 4.78 is 5.74. The van der Waals surface area contributed by atoms with Gasteiger partial charge in [-0.15, -0.1) is 0 Å². The van der Waals surface area contributed by atoms with E-state index in [-0.39, 0.29) is 0 Å². The summed E-state index contributed by atoms with van der Waals surface area (Å²) in [5.74, 6) is 0.468. The highest BCUT2D eigenvalue weighted by Crippen LogP contribution is 2.32. The third kappa shape index (κ3) is 2.27. The molecule has 96 valence electrons. The van der Waals surface area contributed by atoms with Crippen LogP contribution in [0.15, 0.2) is 40.8 Å². The van der Waals surface area contributed by atoms with Crippen molar-refractivity contribution >= 4 is 40.0 Å². The van der Waals surface area contributed by atoms with E-state index in [0.717, 1.165) is 11.2 Å². The molecule has 0 unspecified atom stereocenters. The number of hydrogen-bond acceptors (Lipinski definition) is 3. The molecule has 3 rings (SSSR count). The van der Waals surface area contributed by atoms with Gasteiger partial charge in [-0.2, -0.15) is 0 Å². The van der Waals surface area contributed by atoms with Gasteiger partial charge < -0.3 is 9.73 Å². The van der Waals surface area contributed by atoms with Crippen molar-refractivity contribution in [3.05, 3.63) is 46.4 Å². The van der Waals surface area contributed by atoms with Crippen LogP contribution < -0.4 is 5.32 Å². The Bertz CT molecular complexity index is 752. The minimum absolute atomic E-state index is 0.468. The van der Waals surface area contributed by atoms with Crippen LogP contribution >= 0.6 is 23.2 Å². The molecule has 0 amide bonds. The summed E-state index contributed by atoms with van der Waals surface area (Å²) in [6, 6.07) is 10.9. The summed E-state index contributed by atoms with van der Waals surface area (Å²) in [6.07, 6.45) is 0. The van der Waals surface area contributed by atoms with Crippen molar-refractivity contribution in [2.75, 3.05) is 12.4 Å². The van der Waals surface area contributed by atoms with Crippen LogP contribution in [0.3, 0.4) is 0 Å². The van der Waals surface area contributed by atoms with E-state index in [9.17, 15) is 0 Å². The topological polar surface area (TPSA) is 38.1 Å². The van der Waals surface area contributed by atoms with E-state index < -0.39 is 0 Å². The average molecular weight is 293 g/mol. The first kappa shape index (κ1) is 12.3. The molecule has 0 saturated carbocycles. The summed E-state index contributed by atoms with van der Waals surface area (Å²) in [5, 5.41) is 4.21. The highest BCUT2D eigenvalue weighted by Gasteiger charge is 2.12. The number of aromatic nitrogens is 1. The van der Waals surface area contributed by atoms with E-state index in [0.29, 0.717) is 27.1 Å². The van der Waals surface area contributed by atoms with E-state index in [1.165, 1.54) is 0 Å². The third-order valence-electron chi connectivity index (χ3n) is 2.84. The highest BCUT2D eigenvalue weighted by molar-refractivity contribution is 6.35. The first-order valence-corrected chi connectivity index (χ1v) is 6.47. The standard InChI is InChI=1S/C14H10Cl2N2O/c1-17-9-3-5-12-13(7-9)19-14(18-12)10-6-8(15)2-4-11(10)16/h2-7,17H,1H3. The van der Waals surface area contributed by atoms with Crippen LogP contribution in [0.4, 0.5) is 5.69 Å². The molecule has 0 fully saturated rings. The van der Waals surface area contributed by atoms with Crippen molar-refractivity contribution in [1.29, 1.82) is 0 Å². The molecule has 3 nitrogen and oxygen atoms in total. The molecule has 1 heterocycles. The predicted octanol–water partition coefficient (Wildman–Crippen LogP) is 4.84. The summed E-state index contributed by atoms with van der Waals surface area (Å²) in [6.45, 7) is 0. The van der Waals surface area contributed by atoms with Crippen LogP contribution in [0.5, 0.6) is 0 Å². The molecule has 1 N–H and O–H groups in total. The predicted molar refractivity (Wildman–Crippen MR) is 79.0 cm³/mol. The molecular weight excluding hydrogens is 283 g/mol. The fraction of sp³-hybridized carbons (Fsp3) is 0.0714. The lowest BCUT2D eigenvalue weighted by molar-refractivity contribution is 0.620. The molecule has 3 aromatic rings. The van der Waals surface area contributed by atoms with Gasteiger partial charge >= 0.3 is 0 Å². The van der Waals surface area contributed by atoms with Gasteiger partial charge in [0, 0.05) is 23.8 Å². The molecule has 0 radical (unpaired) electrons. The summed E-state index contributed by atoms with van der Waals surface area (Å²) >= 11 is 12.1. The van der Waals surface area contributed by atoms with Crippen molar-refractivity contribution in [1.82, 2.24) is 4.98 Å². The number of hydrogen-bond donors (Lipinski definition) is 1. The maximum Gasteiger partial charge on any atom is 0.228 e. The molecule has 5 heteroatoms. The lowest BCUT2D eigenvalue weighted by atomic mass is 10.2. The van der Waals surface area contributed by atoms with Crippen LogP contribution in [-0.4, -0.2) is 12.0 Å². The second kappa shape index (κ2) is 4.76. The van der Waals surface area contributed by atoms with E-state index in [4.69, 9.17) is 27.6 Å². The number of nitrogens with one attached hydrogen (secondary N) is 1. The summed E-state index contributed by atoms with van der Waals surface area (Å²) in [4.78, 5) is 4.42. The summed E-state index contributed by atoms with van der Waals surface area (Å²) in [5.41, 5.74) is 3.15. The van der Waals surface area contributed by atoms with E-state index in [2.05, 4.69) is 10.3 Å². The molecule has 0 aliphatic carbocycles. The van der Waals surface area contributed by atoms with Crippen molar-refractivity contribution in [2.45, 2.75) is 0 Å². The number of rotatable bonds is 2. The minimum atomic E-state index is 0.468. The van der Waals surface area contributed by atoms with Crippen molar-refractivity contribution in [3.63, 3.8) is 0 Å². The lowest BCUT2D eigenvalue weighted by Crippen LogP contribution is -1.85. The number of nitrogens with zero attached hydrogens (tertiary/aromatic N) is 1. The van der Waals surface area contributed by atoms with Gasteiger partial charge in [0.1, 0.15) is 5.52 Å². The summed E-state index contributed by atoms with van der Waals surface area (Å²) in [7, 11) is 1.85. The van der Waals surface area contributed by atoms with E-state index in [1.54, 1.807) is 18.2 Å². The van der Waals surface area contributed by atoms with Crippen LogP contribution in [-0.2, 0) is 0 Å². The molecular formula is C14H10Cl2N2O. The Labute approximate surface area is 120 Å². The highest BCUT2D eigenvalue weighted by atomic mass is 35.5. The van der Waals surface area contributed by atoms with Gasteiger partial charge in [-0.25, -0.2) is 4.98 Å². The molecule has 0 saturated heterocycles. The lowest BCUT2D eigenvalue weighted by Gasteiger charge is -1.99. The molecule has 1 aromatic heterocycles. The van der Waals surface area contributed by atoms with Gasteiger partial charge in [-0.3, -0.25) is 0 Å². The molecule has 0 spiro atoms. The van der Waals surface area contributed by atoms with Gasteiger partial charge in [-0.05, 0) is 30.3 Å². The Balaban J connectivity index is 2.17. The van der Waals surface area contributed by atoms with Gasteiger partial charge in [0.2, 0.25) is 5.89 Å². The second-order valence-corrected chi connectivity index (χ2v) is 4.92. The zero-order chi connectivity index (χ0) is 13.4. The number of anilines is 1. The van der Waals surface area contributed by atoms with E-state index in [1.807, 2.05) is 25.2 Å². The fourth-order valence-corrected chi connectivity index (χ4v) is 2.23.